The summed E-state index contributed by atoms with van der Waals surface area (Å²) in [4.78, 5) is 1.54. The molecule has 0 unspecified atom stereocenters. The van der Waals surface area contributed by atoms with Crippen LogP contribution in [0.25, 0.3) is 0 Å². The van der Waals surface area contributed by atoms with Gasteiger partial charge in [0.05, 0.1) is 0 Å². The van der Waals surface area contributed by atoms with E-state index in [1.807, 2.05) is 11.3 Å². The zero-order chi connectivity index (χ0) is 11.8. The molecule has 2 rings (SSSR count). The molecule has 0 fully saturated rings. The molecule has 1 aliphatic rings. The van der Waals surface area contributed by atoms with Crippen LogP contribution in [0.4, 0.5) is 0 Å². The summed E-state index contributed by atoms with van der Waals surface area (Å²) >= 11 is 4.16. The molecule has 1 heterocycles. The van der Waals surface area contributed by atoms with E-state index in [2.05, 4.69) is 64.8 Å². The summed E-state index contributed by atoms with van der Waals surface area (Å²) in [5.41, 5.74) is 3.21. The van der Waals surface area contributed by atoms with Crippen LogP contribution in [0.2, 0.25) is 0 Å². The number of halogens is 2. The maximum absolute atomic E-state index is 2.35. The Hall–Kier alpha value is 0.474. The number of hydrogen-bond donors (Lipinski definition) is 0. The number of allylic oxidation sites excluding steroid dienone is 4. The van der Waals surface area contributed by atoms with Gasteiger partial charge in [-0.1, -0.05) is 0 Å². The first kappa shape index (κ1) is 18.5. The van der Waals surface area contributed by atoms with Gasteiger partial charge >= 0.3 is 114 Å². The number of thiophene rings is 1. The molecule has 0 N–H and O–H groups in total. The van der Waals surface area contributed by atoms with Crippen molar-refractivity contribution in [3.63, 3.8) is 0 Å². The molecular formula is C14H17Cl2STi. The molecule has 0 bridgehead atoms. The summed E-state index contributed by atoms with van der Waals surface area (Å²) in [5.74, 6) is 0. The van der Waals surface area contributed by atoms with E-state index in [0.29, 0.717) is 0 Å². The van der Waals surface area contributed by atoms with Crippen molar-refractivity contribution in [3.05, 3.63) is 43.5 Å². The molecule has 0 nitrogen and oxygen atoms in total. The van der Waals surface area contributed by atoms with Gasteiger partial charge < -0.3 is 24.8 Å². The second-order valence-corrected chi connectivity index (χ2v) is 6.61. The van der Waals surface area contributed by atoms with Crippen molar-refractivity contribution in [1.82, 2.24) is 0 Å². The predicted octanol–water partition coefficient (Wildman–Crippen LogP) is -1.64. The van der Waals surface area contributed by atoms with E-state index in [4.69, 9.17) is 0 Å². The molecule has 1 aromatic heterocycles. The minimum atomic E-state index is 0. The summed E-state index contributed by atoms with van der Waals surface area (Å²) < 4.78 is 1.53. The Bertz CT molecular complexity index is 458. The van der Waals surface area contributed by atoms with E-state index < -0.39 is 0 Å². The third-order valence-corrected chi connectivity index (χ3v) is 5.32. The van der Waals surface area contributed by atoms with Gasteiger partial charge in [-0.05, 0) is 0 Å². The first-order chi connectivity index (χ1) is 7.57. The summed E-state index contributed by atoms with van der Waals surface area (Å²) in [6, 6.07) is 2.27. The zero-order valence-electron chi connectivity index (χ0n) is 10.9. The quantitative estimate of drug-likeness (QED) is 0.581. The molecule has 0 atom stereocenters. The van der Waals surface area contributed by atoms with Crippen LogP contribution in [0.15, 0.2) is 33.0 Å². The van der Waals surface area contributed by atoms with Crippen LogP contribution in [0.3, 0.4) is 0 Å². The van der Waals surface area contributed by atoms with Crippen LogP contribution in [0.5, 0.6) is 0 Å². The molecule has 0 saturated carbocycles. The fourth-order valence-corrected chi connectivity index (χ4v) is 4.31. The number of rotatable bonds is 3. The Morgan fingerprint density at radius 2 is 2.00 bits per heavy atom. The monoisotopic (exact) mass is 335 g/mol. The fraction of sp³-hybridized carbons (Fsp3) is 0.429. The van der Waals surface area contributed by atoms with Gasteiger partial charge in [0.25, 0.3) is 0 Å². The van der Waals surface area contributed by atoms with Crippen LogP contribution in [-0.4, -0.2) is 0 Å². The van der Waals surface area contributed by atoms with Crippen molar-refractivity contribution < 1.29 is 45.2 Å². The molecular weight excluding hydrogens is 319 g/mol. The van der Waals surface area contributed by atoms with Gasteiger partial charge in [0.2, 0.25) is 0 Å². The van der Waals surface area contributed by atoms with E-state index in [0.717, 1.165) is 12.8 Å². The molecule has 0 spiro atoms. The second-order valence-electron chi connectivity index (χ2n) is 4.75. The molecule has 1 aromatic rings. The SMILES string of the molecule is CCc1ccsc1C(C)(C)C1=[C]([Ti+2])CC=C1.[Cl-].[Cl-]. The third kappa shape index (κ3) is 3.32. The molecule has 0 aromatic carbocycles. The van der Waals surface area contributed by atoms with Gasteiger partial charge in [0, 0.05) is 0 Å². The smallest absolute Gasteiger partial charge is 1.00 e. The largest absolute Gasteiger partial charge is 1.00 e. The minimum absolute atomic E-state index is 0. The van der Waals surface area contributed by atoms with E-state index in [1.54, 1.807) is 0 Å². The van der Waals surface area contributed by atoms with Gasteiger partial charge in [0.15, 0.2) is 0 Å². The van der Waals surface area contributed by atoms with Gasteiger partial charge in [-0.15, -0.1) is 0 Å². The third-order valence-electron chi connectivity index (χ3n) is 3.30. The van der Waals surface area contributed by atoms with Crippen molar-refractivity contribution in [2.24, 2.45) is 0 Å². The topological polar surface area (TPSA) is 0 Å². The number of hydrogen-bond acceptors (Lipinski definition) is 1. The summed E-state index contributed by atoms with van der Waals surface area (Å²) in [5, 5.41) is 2.23. The Balaban J connectivity index is 0.00000144. The summed E-state index contributed by atoms with van der Waals surface area (Å²) in [6.45, 7) is 6.95. The van der Waals surface area contributed by atoms with E-state index in [9.17, 15) is 0 Å². The average molecular weight is 336 g/mol. The van der Waals surface area contributed by atoms with Crippen molar-refractivity contribution in [2.45, 2.75) is 39.0 Å². The minimum Gasteiger partial charge on any atom is -1.00 e. The van der Waals surface area contributed by atoms with E-state index in [1.165, 1.54) is 19.9 Å². The molecule has 0 aliphatic heterocycles. The summed E-state index contributed by atoms with van der Waals surface area (Å²) in [7, 11) is 0. The van der Waals surface area contributed by atoms with Crippen molar-refractivity contribution in [1.29, 1.82) is 0 Å². The molecule has 0 amide bonds. The van der Waals surface area contributed by atoms with Crippen LogP contribution in [0.1, 0.15) is 37.6 Å². The van der Waals surface area contributed by atoms with Crippen molar-refractivity contribution in [3.8, 4) is 0 Å². The fourth-order valence-electron chi connectivity index (χ4n) is 2.38. The van der Waals surface area contributed by atoms with Crippen LogP contribution >= 0.6 is 11.3 Å². The maximum Gasteiger partial charge on any atom is -1.00 e. The average Bonchev–Trinajstić information content (AvgIpc) is 2.85. The van der Waals surface area contributed by atoms with Crippen molar-refractivity contribution >= 4 is 11.3 Å². The summed E-state index contributed by atoms with van der Waals surface area (Å²) in [6.07, 6.45) is 6.87. The molecule has 4 heteroatoms. The van der Waals surface area contributed by atoms with Crippen LogP contribution in [0, 0.1) is 0 Å². The normalized spacial score (nSPS) is 14.5. The van der Waals surface area contributed by atoms with Gasteiger partial charge in [-0.25, -0.2) is 0 Å². The zero-order valence-corrected chi connectivity index (χ0v) is 14.8. The van der Waals surface area contributed by atoms with Gasteiger partial charge in [0.1, 0.15) is 0 Å². The molecule has 0 saturated heterocycles. The number of aryl methyl sites for hydroxylation is 1. The van der Waals surface area contributed by atoms with E-state index >= 15 is 0 Å². The van der Waals surface area contributed by atoms with Crippen molar-refractivity contribution in [2.75, 3.05) is 0 Å². The van der Waals surface area contributed by atoms with Gasteiger partial charge in [-0.3, -0.25) is 0 Å². The Labute approximate surface area is 138 Å². The maximum atomic E-state index is 2.35. The molecule has 0 radical (unpaired) electrons. The first-order valence-corrected chi connectivity index (χ1v) is 7.42. The van der Waals surface area contributed by atoms with Crippen LogP contribution in [-0.2, 0) is 32.3 Å². The molecule has 1 aliphatic carbocycles. The predicted molar refractivity (Wildman–Crippen MR) is 67.5 cm³/mol. The van der Waals surface area contributed by atoms with Crippen LogP contribution < -0.4 is 24.8 Å². The molecule has 18 heavy (non-hydrogen) atoms. The van der Waals surface area contributed by atoms with E-state index in [-0.39, 0.29) is 30.2 Å². The Kier molecular flexibility index (Phi) is 7.50. The first-order valence-electron chi connectivity index (χ1n) is 5.76. The van der Waals surface area contributed by atoms with Gasteiger partial charge in [-0.2, -0.15) is 0 Å². The Morgan fingerprint density at radius 3 is 2.50 bits per heavy atom. The second kappa shape index (κ2) is 7.31. The molecule has 97 valence electrons. The Morgan fingerprint density at radius 1 is 1.33 bits per heavy atom. The standard InChI is InChI=1S/C14H17S.2ClH.Ti/c1-4-11-9-10-15-13(11)14(2,3)12-7-5-6-8-12;;;/h5,7,9-10H,4,6H2,1-3H3;2*1H;/q;;;+2/p-2.